The molecule has 1 saturated carbocycles. The van der Waals surface area contributed by atoms with Gasteiger partial charge in [0.15, 0.2) is 10.9 Å². The molecule has 0 atom stereocenters. The summed E-state index contributed by atoms with van der Waals surface area (Å²) >= 11 is 1.74. The van der Waals surface area contributed by atoms with Gasteiger partial charge in [-0.05, 0) is 55.7 Å². The molecule has 0 unspecified atom stereocenters. The Bertz CT molecular complexity index is 1180. The molecule has 1 fully saturated rings. The third-order valence-corrected chi connectivity index (χ3v) is 6.69. The number of aryl methyl sites for hydroxylation is 1. The maximum atomic E-state index is 9.78. The number of thioether (sulfide) groups is 1. The molecule has 7 heteroatoms. The molecule has 0 bridgehead atoms. The summed E-state index contributed by atoms with van der Waals surface area (Å²) in [7, 11) is 0. The van der Waals surface area contributed by atoms with E-state index in [-0.39, 0.29) is 13.2 Å². The molecule has 1 N–H and O–H groups in total. The van der Waals surface area contributed by atoms with Crippen LogP contribution < -0.4 is 4.74 Å². The smallest absolute Gasteiger partial charge is 0.174 e. The highest BCUT2D eigenvalue weighted by Crippen LogP contribution is 2.36. The van der Waals surface area contributed by atoms with Gasteiger partial charge >= 0.3 is 0 Å². The summed E-state index contributed by atoms with van der Waals surface area (Å²) in [6.45, 7) is 1.98. The number of aliphatic hydroxyl groups is 1. The SMILES string of the molecule is Cc1cc(OCc2c(C#N)nc(SC3CCCC3)n2-c2cccnc2)ccc1C#CCO. The predicted molar refractivity (Wildman–Crippen MR) is 124 cm³/mol. The first-order valence-corrected chi connectivity index (χ1v) is 11.5. The quantitative estimate of drug-likeness (QED) is 0.567. The average Bonchev–Trinajstić information content (AvgIpc) is 3.45. The lowest BCUT2D eigenvalue weighted by Gasteiger charge is -2.14. The third-order valence-electron chi connectivity index (χ3n) is 5.40. The van der Waals surface area contributed by atoms with Crippen molar-refractivity contribution in [2.75, 3.05) is 6.61 Å². The second-order valence-corrected chi connectivity index (χ2v) is 8.87. The number of benzene rings is 1. The van der Waals surface area contributed by atoms with E-state index in [4.69, 9.17) is 9.84 Å². The van der Waals surface area contributed by atoms with Crippen LogP contribution in [0.2, 0.25) is 0 Å². The zero-order valence-electron chi connectivity index (χ0n) is 17.9. The zero-order chi connectivity index (χ0) is 22.3. The third kappa shape index (κ3) is 4.96. The summed E-state index contributed by atoms with van der Waals surface area (Å²) in [5.74, 6) is 6.28. The normalized spacial score (nSPS) is 13.4. The minimum absolute atomic E-state index is 0.172. The Kier molecular flexibility index (Phi) is 7.11. The Labute approximate surface area is 192 Å². The highest BCUT2D eigenvalue weighted by Gasteiger charge is 2.24. The zero-order valence-corrected chi connectivity index (χ0v) is 18.7. The number of hydrogen-bond acceptors (Lipinski definition) is 6. The summed E-state index contributed by atoms with van der Waals surface area (Å²) in [5, 5.41) is 20.0. The number of imidazole rings is 1. The van der Waals surface area contributed by atoms with Gasteiger partial charge in [0, 0.05) is 17.0 Å². The Morgan fingerprint density at radius 3 is 2.81 bits per heavy atom. The minimum atomic E-state index is -0.172. The lowest BCUT2D eigenvalue weighted by atomic mass is 10.1. The van der Waals surface area contributed by atoms with Gasteiger partial charge in [-0.1, -0.05) is 36.4 Å². The highest BCUT2D eigenvalue weighted by molar-refractivity contribution is 7.99. The molecule has 2 heterocycles. The van der Waals surface area contributed by atoms with Crippen molar-refractivity contribution in [2.24, 2.45) is 0 Å². The fourth-order valence-electron chi connectivity index (χ4n) is 3.79. The second-order valence-electron chi connectivity index (χ2n) is 7.60. The molecule has 162 valence electrons. The van der Waals surface area contributed by atoms with Crippen LogP contribution in [0.25, 0.3) is 5.69 Å². The first-order valence-electron chi connectivity index (χ1n) is 10.6. The molecule has 0 spiro atoms. The summed E-state index contributed by atoms with van der Waals surface area (Å²) in [4.78, 5) is 8.92. The van der Waals surface area contributed by atoms with Crippen LogP contribution in [0.5, 0.6) is 5.75 Å². The molecule has 3 aromatic rings. The van der Waals surface area contributed by atoms with Crippen molar-refractivity contribution >= 4 is 11.8 Å². The van der Waals surface area contributed by atoms with E-state index in [1.807, 2.05) is 41.8 Å². The molecule has 1 aliphatic carbocycles. The fraction of sp³-hybridized carbons (Fsp3) is 0.320. The summed E-state index contributed by atoms with van der Waals surface area (Å²) in [6.07, 6.45) is 8.33. The van der Waals surface area contributed by atoms with E-state index in [0.29, 0.717) is 22.4 Å². The number of rotatable bonds is 6. The summed E-state index contributed by atoms with van der Waals surface area (Å²) in [5.41, 5.74) is 3.76. The number of pyridine rings is 1. The van der Waals surface area contributed by atoms with E-state index in [1.54, 1.807) is 24.2 Å². The van der Waals surface area contributed by atoms with Gasteiger partial charge in [0.05, 0.1) is 17.6 Å². The van der Waals surface area contributed by atoms with E-state index in [9.17, 15) is 5.26 Å². The van der Waals surface area contributed by atoms with E-state index >= 15 is 0 Å². The predicted octanol–water partition coefficient (Wildman–Crippen LogP) is 4.40. The van der Waals surface area contributed by atoms with Crippen molar-refractivity contribution in [3.63, 3.8) is 0 Å². The van der Waals surface area contributed by atoms with E-state index in [2.05, 4.69) is 27.9 Å². The molecular formula is C25H24N4O2S. The van der Waals surface area contributed by atoms with Crippen molar-refractivity contribution < 1.29 is 9.84 Å². The first kappa shape index (κ1) is 22.0. The molecule has 6 nitrogen and oxygen atoms in total. The Morgan fingerprint density at radius 1 is 1.28 bits per heavy atom. The van der Waals surface area contributed by atoms with E-state index < -0.39 is 0 Å². The van der Waals surface area contributed by atoms with Crippen LogP contribution in [0.15, 0.2) is 47.9 Å². The molecule has 32 heavy (non-hydrogen) atoms. The molecular weight excluding hydrogens is 420 g/mol. The largest absolute Gasteiger partial charge is 0.487 e. The van der Waals surface area contributed by atoms with Gasteiger partial charge in [-0.25, -0.2) is 4.98 Å². The molecule has 0 saturated heterocycles. The molecule has 1 aromatic carbocycles. The van der Waals surface area contributed by atoms with Crippen molar-refractivity contribution in [1.29, 1.82) is 5.26 Å². The topological polar surface area (TPSA) is 84.0 Å². The Hall–Kier alpha value is -3.26. The van der Waals surface area contributed by atoms with Crippen molar-refractivity contribution in [3.05, 3.63) is 65.2 Å². The average molecular weight is 445 g/mol. The standard InChI is InChI=1S/C25H24N4O2S/c1-18-14-21(11-10-19(18)6-5-13-30)31-17-24-23(15-26)28-25(32-22-8-2-3-9-22)29(24)20-7-4-12-27-16-20/h4,7,10-12,14,16,22,30H,2-3,8-9,13,17H2,1H3. The molecule has 0 radical (unpaired) electrons. The van der Waals surface area contributed by atoms with E-state index in [1.165, 1.54) is 25.7 Å². The monoisotopic (exact) mass is 444 g/mol. The van der Waals surface area contributed by atoms with E-state index in [0.717, 1.165) is 22.0 Å². The molecule has 0 aliphatic heterocycles. The van der Waals surface area contributed by atoms with Crippen LogP contribution in [-0.4, -0.2) is 31.5 Å². The summed E-state index contributed by atoms with van der Waals surface area (Å²) in [6, 6.07) is 11.7. The molecule has 0 amide bonds. The number of hydrogen-bond donors (Lipinski definition) is 1. The first-order chi connectivity index (χ1) is 15.7. The van der Waals surface area contributed by atoms with Gasteiger partial charge in [-0.3, -0.25) is 9.55 Å². The number of aliphatic hydroxyl groups excluding tert-OH is 1. The summed E-state index contributed by atoms with van der Waals surface area (Å²) < 4.78 is 8.08. The molecule has 2 aromatic heterocycles. The van der Waals surface area contributed by atoms with Crippen molar-refractivity contribution in [3.8, 4) is 29.3 Å². The maximum Gasteiger partial charge on any atom is 0.174 e. The molecule has 1 aliphatic rings. The Morgan fingerprint density at radius 2 is 2.12 bits per heavy atom. The lowest BCUT2D eigenvalue weighted by Crippen LogP contribution is -2.08. The maximum absolute atomic E-state index is 9.78. The molecule has 4 rings (SSSR count). The van der Waals surface area contributed by atoms with Crippen LogP contribution in [0, 0.1) is 30.1 Å². The van der Waals surface area contributed by atoms with Crippen LogP contribution in [0.4, 0.5) is 0 Å². The second kappa shape index (κ2) is 10.4. The minimum Gasteiger partial charge on any atom is -0.487 e. The van der Waals surface area contributed by atoms with Crippen molar-refractivity contribution in [1.82, 2.24) is 14.5 Å². The van der Waals surface area contributed by atoms with Gasteiger partial charge in [-0.2, -0.15) is 5.26 Å². The van der Waals surface area contributed by atoms with Gasteiger partial charge in [0.2, 0.25) is 0 Å². The lowest BCUT2D eigenvalue weighted by molar-refractivity contribution is 0.297. The van der Waals surface area contributed by atoms with Crippen molar-refractivity contribution in [2.45, 2.75) is 49.6 Å². The number of ether oxygens (including phenoxy) is 1. The number of aromatic nitrogens is 3. The fourth-order valence-corrected chi connectivity index (χ4v) is 5.13. The van der Waals surface area contributed by atoms with Gasteiger partial charge in [0.25, 0.3) is 0 Å². The van der Waals surface area contributed by atoms with Gasteiger partial charge < -0.3 is 9.84 Å². The van der Waals surface area contributed by atoms with Gasteiger partial charge in [-0.15, -0.1) is 0 Å². The van der Waals surface area contributed by atoms with Crippen LogP contribution in [0.1, 0.15) is 48.2 Å². The van der Waals surface area contributed by atoms with Crippen LogP contribution >= 0.6 is 11.8 Å². The van der Waals surface area contributed by atoms with Gasteiger partial charge in [0.1, 0.15) is 25.0 Å². The van der Waals surface area contributed by atoms with Crippen LogP contribution in [0.3, 0.4) is 0 Å². The highest BCUT2D eigenvalue weighted by atomic mass is 32.2. The van der Waals surface area contributed by atoms with Crippen LogP contribution in [-0.2, 0) is 6.61 Å². The number of nitriles is 1. The number of nitrogens with zero attached hydrogens (tertiary/aromatic N) is 4. The Balaban J connectivity index is 1.64.